The molecule has 1 N–H and O–H groups in total. The Hall–Kier alpha value is -2.21. The van der Waals surface area contributed by atoms with Crippen LogP contribution >= 0.6 is 0 Å². The molecule has 1 aromatic heterocycles. The van der Waals surface area contributed by atoms with Crippen LogP contribution in [0.2, 0.25) is 0 Å². The van der Waals surface area contributed by atoms with Gasteiger partial charge in [-0.3, -0.25) is 4.98 Å². The zero-order valence-corrected chi connectivity index (χ0v) is 12.2. The molecule has 20 heavy (non-hydrogen) atoms. The van der Waals surface area contributed by atoms with Crippen molar-refractivity contribution in [3.05, 3.63) is 36.7 Å². The van der Waals surface area contributed by atoms with Crippen molar-refractivity contribution in [2.24, 2.45) is 0 Å². The minimum Gasteiger partial charge on any atom is -0.543 e. The molecule has 0 bridgehead atoms. The molecule has 0 aliphatic heterocycles. The number of carboxylic acids is 2. The highest BCUT2D eigenvalue weighted by atomic mass is 16.4. The molecule has 1 aromatic rings. The maximum Gasteiger partial charge on any atom is 0.371 e. The highest BCUT2D eigenvalue weighted by molar-refractivity contribution is 6.00. The monoisotopic (exact) mass is 280 g/mol. The molecular weight excluding hydrogens is 260 g/mol. The van der Waals surface area contributed by atoms with Crippen LogP contribution in [0.4, 0.5) is 0 Å². The van der Waals surface area contributed by atoms with Crippen molar-refractivity contribution in [1.29, 1.82) is 0 Å². The number of nitrogens with zero attached hydrogens (tertiary/aromatic N) is 2. The normalized spacial score (nSPS) is 13.4. The van der Waals surface area contributed by atoms with E-state index >= 15 is 0 Å². The van der Waals surface area contributed by atoms with Gasteiger partial charge in [0.25, 0.3) is 0 Å². The van der Waals surface area contributed by atoms with Gasteiger partial charge in [-0.2, -0.15) is 0 Å². The van der Waals surface area contributed by atoms with Crippen molar-refractivity contribution in [2.75, 3.05) is 21.1 Å². The summed E-state index contributed by atoms with van der Waals surface area (Å²) >= 11 is 0. The van der Waals surface area contributed by atoms with E-state index in [9.17, 15) is 14.7 Å². The fourth-order valence-corrected chi connectivity index (χ4v) is 1.15. The number of carbonyl (C=O) groups is 2. The summed E-state index contributed by atoms with van der Waals surface area (Å²) in [4.78, 5) is 25.1. The molecule has 1 unspecified atom stereocenters. The van der Waals surface area contributed by atoms with Crippen LogP contribution in [0.25, 0.3) is 6.08 Å². The van der Waals surface area contributed by atoms with E-state index < -0.39 is 17.5 Å². The van der Waals surface area contributed by atoms with Crippen molar-refractivity contribution in [3.8, 4) is 0 Å². The second-order valence-corrected chi connectivity index (χ2v) is 5.16. The average Bonchev–Trinajstić information content (AvgIpc) is 2.37. The number of rotatable bonds is 4. The molecule has 0 aliphatic carbocycles. The van der Waals surface area contributed by atoms with Gasteiger partial charge >= 0.3 is 5.97 Å². The van der Waals surface area contributed by atoms with Gasteiger partial charge < -0.3 is 19.5 Å². The van der Waals surface area contributed by atoms with E-state index in [0.717, 1.165) is 12.5 Å². The van der Waals surface area contributed by atoms with E-state index in [1.807, 2.05) is 12.1 Å². The lowest BCUT2D eigenvalue weighted by Gasteiger charge is -2.40. The van der Waals surface area contributed by atoms with Crippen LogP contribution in [0.1, 0.15) is 12.5 Å². The van der Waals surface area contributed by atoms with Gasteiger partial charge in [0.05, 0.1) is 21.1 Å². The van der Waals surface area contributed by atoms with Gasteiger partial charge in [-0.05, 0) is 17.7 Å². The zero-order chi connectivity index (χ0) is 16.0. The van der Waals surface area contributed by atoms with Gasteiger partial charge in [0.15, 0.2) is 0 Å². The quantitative estimate of drug-likeness (QED) is 0.620. The minimum absolute atomic E-state index is 0.218. The fraction of sp³-hybridized carbons (Fsp3) is 0.357. The third kappa shape index (κ3) is 4.17. The highest BCUT2D eigenvalue weighted by Gasteiger charge is 2.47. The lowest BCUT2D eigenvalue weighted by atomic mass is 9.99. The molecule has 0 saturated heterocycles. The number of pyridine rings is 1. The Bertz CT molecular complexity index is 464. The van der Waals surface area contributed by atoms with Gasteiger partial charge in [-0.25, -0.2) is 4.79 Å². The second kappa shape index (κ2) is 6.81. The molecule has 1 heterocycles. The predicted octanol–water partition coefficient (Wildman–Crippen LogP) is 0.0104. The number of aromatic nitrogens is 1. The molecule has 0 aliphatic rings. The van der Waals surface area contributed by atoms with Gasteiger partial charge in [0.1, 0.15) is 5.97 Å². The fourth-order valence-electron chi connectivity index (χ4n) is 1.15. The molecule has 0 aromatic carbocycles. The Morgan fingerprint density at radius 1 is 1.35 bits per heavy atom. The van der Waals surface area contributed by atoms with Crippen LogP contribution in [-0.4, -0.2) is 53.2 Å². The van der Waals surface area contributed by atoms with Crippen LogP contribution in [-0.2, 0) is 9.59 Å². The first-order valence-electron chi connectivity index (χ1n) is 5.86. The first kappa shape index (κ1) is 17.8. The third-order valence-electron chi connectivity index (χ3n) is 3.10. The Balaban J connectivity index is 0.000000388. The van der Waals surface area contributed by atoms with Gasteiger partial charge in [-0.1, -0.05) is 12.7 Å². The molecule has 0 radical (unpaired) electrons. The van der Waals surface area contributed by atoms with Crippen molar-refractivity contribution < 1.29 is 24.3 Å². The van der Waals surface area contributed by atoms with Gasteiger partial charge in [0, 0.05) is 19.3 Å². The maximum atomic E-state index is 10.7. The van der Waals surface area contributed by atoms with Crippen LogP contribution in [0.15, 0.2) is 31.1 Å². The van der Waals surface area contributed by atoms with E-state index in [1.165, 1.54) is 21.1 Å². The molecular formula is C14H20N2O4. The summed E-state index contributed by atoms with van der Waals surface area (Å²) in [5, 5.41) is 19.3. The molecule has 0 saturated carbocycles. The molecule has 0 fully saturated rings. The summed E-state index contributed by atoms with van der Waals surface area (Å²) in [5.74, 6) is -2.97. The largest absolute Gasteiger partial charge is 0.543 e. The SMILES string of the molecule is C=Cc1ccncc1.CC(C(=O)[O-])(C(=O)O)[N+](C)(C)C. The van der Waals surface area contributed by atoms with Crippen LogP contribution in [0, 0.1) is 0 Å². The Morgan fingerprint density at radius 3 is 1.95 bits per heavy atom. The molecule has 0 spiro atoms. The smallest absolute Gasteiger partial charge is 0.371 e. The summed E-state index contributed by atoms with van der Waals surface area (Å²) in [6.45, 7) is 4.73. The maximum absolute atomic E-state index is 10.7. The van der Waals surface area contributed by atoms with Crippen LogP contribution in [0.5, 0.6) is 0 Å². The Labute approximate surface area is 118 Å². The van der Waals surface area contributed by atoms with Crippen molar-refractivity contribution in [2.45, 2.75) is 12.5 Å². The number of carboxylic acid groups (broad SMARTS) is 2. The summed E-state index contributed by atoms with van der Waals surface area (Å²) in [6.07, 6.45) is 5.29. The number of hydrogen-bond acceptors (Lipinski definition) is 4. The van der Waals surface area contributed by atoms with Crippen LogP contribution in [0.3, 0.4) is 0 Å². The number of hydrogen-bond donors (Lipinski definition) is 1. The average molecular weight is 280 g/mol. The number of likely N-dealkylation sites (N-methyl/N-ethyl adjacent to an activating group) is 1. The molecule has 6 nitrogen and oxygen atoms in total. The summed E-state index contributed by atoms with van der Waals surface area (Å²) in [6, 6.07) is 3.82. The van der Waals surface area contributed by atoms with Gasteiger partial charge in [-0.15, -0.1) is 0 Å². The van der Waals surface area contributed by atoms with E-state index in [0.29, 0.717) is 0 Å². The van der Waals surface area contributed by atoms with E-state index in [4.69, 9.17) is 5.11 Å². The zero-order valence-electron chi connectivity index (χ0n) is 12.2. The molecule has 6 heteroatoms. The first-order valence-corrected chi connectivity index (χ1v) is 5.86. The predicted molar refractivity (Wildman–Crippen MR) is 73.4 cm³/mol. The third-order valence-corrected chi connectivity index (χ3v) is 3.10. The van der Waals surface area contributed by atoms with Crippen molar-refractivity contribution >= 4 is 18.0 Å². The summed E-state index contributed by atoms with van der Waals surface area (Å²) < 4.78 is -0.218. The lowest BCUT2D eigenvalue weighted by Crippen LogP contribution is -2.68. The molecule has 0 amide bonds. The highest BCUT2D eigenvalue weighted by Crippen LogP contribution is 2.17. The van der Waals surface area contributed by atoms with Crippen LogP contribution < -0.4 is 5.11 Å². The Morgan fingerprint density at radius 2 is 1.80 bits per heavy atom. The first-order chi connectivity index (χ1) is 9.07. The molecule has 1 atom stereocenters. The van der Waals surface area contributed by atoms with Crippen molar-refractivity contribution in [1.82, 2.24) is 4.98 Å². The van der Waals surface area contributed by atoms with Crippen molar-refractivity contribution in [3.63, 3.8) is 0 Å². The number of quaternary nitrogens is 1. The second-order valence-electron chi connectivity index (χ2n) is 5.16. The minimum atomic E-state index is -1.90. The molecule has 110 valence electrons. The lowest BCUT2D eigenvalue weighted by molar-refractivity contribution is -0.904. The van der Waals surface area contributed by atoms with Gasteiger partial charge in [0.2, 0.25) is 5.54 Å². The number of aliphatic carboxylic acids is 2. The van der Waals surface area contributed by atoms with E-state index in [-0.39, 0.29) is 4.48 Å². The summed E-state index contributed by atoms with van der Waals surface area (Å²) in [5.41, 5.74) is -0.792. The Kier molecular flexibility index (Phi) is 6.06. The summed E-state index contributed by atoms with van der Waals surface area (Å²) in [7, 11) is 4.47. The van der Waals surface area contributed by atoms with E-state index in [1.54, 1.807) is 18.5 Å². The topological polar surface area (TPSA) is 90.3 Å². The molecule has 1 rings (SSSR count). The standard InChI is InChI=1S/C7H13NO4.C7H7N/c1-7(5(9)10,6(11)12)8(2,3)4;1-2-7-3-5-8-6-4-7/h1-4H3,(H-,9,10,11,12);2-6H,1H2. The number of carbonyl (C=O) groups excluding carboxylic acids is 1. The van der Waals surface area contributed by atoms with E-state index in [2.05, 4.69) is 11.6 Å².